The lowest BCUT2D eigenvalue weighted by molar-refractivity contribution is -0.131. The molecule has 5 nitrogen and oxygen atoms in total. The lowest BCUT2D eigenvalue weighted by Crippen LogP contribution is -2.61. The van der Waals surface area contributed by atoms with Crippen molar-refractivity contribution in [3.05, 3.63) is 35.1 Å². The van der Waals surface area contributed by atoms with Crippen LogP contribution in [0.4, 0.5) is 18.0 Å². The molecule has 3 atom stereocenters. The fourth-order valence-corrected chi connectivity index (χ4v) is 3.33. The monoisotopic (exact) mass is 358 g/mol. The number of hydrogen-bond donors (Lipinski definition) is 2. The summed E-state index contributed by atoms with van der Waals surface area (Å²) in [6.07, 6.45) is -1.37. The zero-order chi connectivity index (χ0) is 19.1. The van der Waals surface area contributed by atoms with Gasteiger partial charge in [0.05, 0.1) is 0 Å². The Bertz CT molecular complexity index is 703. The summed E-state index contributed by atoms with van der Waals surface area (Å²) in [5.74, 6) is -4.72. The molecule has 138 valence electrons. The van der Waals surface area contributed by atoms with E-state index in [2.05, 4.69) is 5.32 Å². The van der Waals surface area contributed by atoms with E-state index in [4.69, 9.17) is 0 Å². The van der Waals surface area contributed by atoms with E-state index in [-0.39, 0.29) is 12.0 Å². The molecule has 25 heavy (non-hydrogen) atoms. The van der Waals surface area contributed by atoms with Crippen LogP contribution in [0.1, 0.15) is 45.6 Å². The fourth-order valence-electron chi connectivity index (χ4n) is 3.33. The molecule has 1 aliphatic heterocycles. The maximum Gasteiger partial charge on any atom is 0.408 e. The van der Waals surface area contributed by atoms with Crippen molar-refractivity contribution in [2.45, 2.75) is 57.7 Å². The van der Waals surface area contributed by atoms with Crippen molar-refractivity contribution in [1.82, 2.24) is 10.2 Å². The molecule has 1 saturated heterocycles. The Kier molecular flexibility index (Phi) is 5.02. The lowest BCUT2D eigenvalue weighted by Gasteiger charge is -2.44. The van der Waals surface area contributed by atoms with E-state index in [0.29, 0.717) is 6.07 Å². The first-order valence-electron chi connectivity index (χ1n) is 7.90. The first-order chi connectivity index (χ1) is 11.4. The molecule has 1 aliphatic rings. The van der Waals surface area contributed by atoms with Crippen molar-refractivity contribution >= 4 is 12.0 Å². The van der Waals surface area contributed by atoms with Gasteiger partial charge in [-0.05, 0) is 45.7 Å². The Morgan fingerprint density at radius 3 is 2.40 bits per heavy atom. The molecule has 2 rings (SSSR count). The highest BCUT2D eigenvalue weighted by Crippen LogP contribution is 2.35. The van der Waals surface area contributed by atoms with Crippen LogP contribution in [0.25, 0.3) is 0 Å². The summed E-state index contributed by atoms with van der Waals surface area (Å²) < 4.78 is 41.3. The van der Waals surface area contributed by atoms with Crippen molar-refractivity contribution in [3.8, 4) is 0 Å². The second kappa shape index (κ2) is 6.57. The summed E-state index contributed by atoms with van der Waals surface area (Å²) in [6, 6.07) is -0.364. The molecule has 1 aromatic carbocycles. The van der Waals surface area contributed by atoms with Crippen LogP contribution in [0.15, 0.2) is 12.1 Å². The van der Waals surface area contributed by atoms with Crippen LogP contribution in [0.5, 0.6) is 0 Å². The molecular weight excluding hydrogens is 337 g/mol. The third-order valence-corrected chi connectivity index (χ3v) is 4.41. The van der Waals surface area contributed by atoms with Crippen molar-refractivity contribution < 1.29 is 27.9 Å². The smallest absolute Gasteiger partial charge is 0.408 e. The van der Waals surface area contributed by atoms with Crippen molar-refractivity contribution in [1.29, 1.82) is 0 Å². The quantitative estimate of drug-likeness (QED) is 0.798. The van der Waals surface area contributed by atoms with Crippen LogP contribution >= 0.6 is 0 Å². The van der Waals surface area contributed by atoms with Crippen LogP contribution < -0.4 is 5.32 Å². The summed E-state index contributed by atoms with van der Waals surface area (Å²) in [6.45, 7) is 6.47. The minimum Gasteiger partial charge on any atom is -0.465 e. The minimum atomic E-state index is -1.32. The van der Waals surface area contributed by atoms with Crippen LogP contribution in [-0.2, 0) is 4.79 Å². The van der Waals surface area contributed by atoms with Gasteiger partial charge in [0, 0.05) is 23.6 Å². The number of nitrogens with zero attached hydrogens (tertiary/aromatic N) is 1. The average Bonchev–Trinajstić information content (AvgIpc) is 2.44. The molecule has 2 N–H and O–H groups in total. The molecule has 0 bridgehead atoms. The summed E-state index contributed by atoms with van der Waals surface area (Å²) in [5, 5.41) is 12.1. The van der Waals surface area contributed by atoms with E-state index in [1.807, 2.05) is 0 Å². The molecule has 0 radical (unpaired) electrons. The zero-order valence-electron chi connectivity index (χ0n) is 14.4. The first kappa shape index (κ1) is 19.1. The normalized spacial score (nSPS) is 24.0. The topological polar surface area (TPSA) is 69.6 Å². The Labute approximate surface area is 143 Å². The lowest BCUT2D eigenvalue weighted by atomic mass is 9.81. The second-order valence-electron chi connectivity index (χ2n) is 7.27. The highest BCUT2D eigenvalue weighted by atomic mass is 19.2. The first-order valence-corrected chi connectivity index (χ1v) is 7.90. The predicted octanol–water partition coefficient (Wildman–Crippen LogP) is 3.24. The van der Waals surface area contributed by atoms with Gasteiger partial charge in [-0.2, -0.15) is 0 Å². The maximum atomic E-state index is 14.2. The molecule has 0 spiro atoms. The number of piperidine rings is 1. The van der Waals surface area contributed by atoms with Gasteiger partial charge in [-0.1, -0.05) is 0 Å². The van der Waals surface area contributed by atoms with Gasteiger partial charge < -0.3 is 10.4 Å². The molecule has 0 saturated carbocycles. The van der Waals surface area contributed by atoms with Crippen LogP contribution in [0, 0.1) is 17.5 Å². The molecule has 2 amide bonds. The number of nitrogens with one attached hydrogen (secondary N) is 1. The highest BCUT2D eigenvalue weighted by Gasteiger charge is 2.44. The molecular formula is C17H21F3N2O3. The highest BCUT2D eigenvalue weighted by molar-refractivity contribution is 5.87. The number of amides is 2. The number of hydrogen-bond acceptors (Lipinski definition) is 2. The molecule has 0 aliphatic carbocycles. The van der Waals surface area contributed by atoms with Gasteiger partial charge in [-0.25, -0.2) is 18.0 Å². The van der Waals surface area contributed by atoms with Gasteiger partial charge in [0.25, 0.3) is 0 Å². The third-order valence-electron chi connectivity index (χ3n) is 4.41. The van der Waals surface area contributed by atoms with Crippen LogP contribution in [0.3, 0.4) is 0 Å². The van der Waals surface area contributed by atoms with Crippen molar-refractivity contribution in [3.63, 3.8) is 0 Å². The molecule has 1 aromatic rings. The zero-order valence-corrected chi connectivity index (χ0v) is 14.4. The number of halogens is 3. The standard InChI is InChI=1S/C17H21F3N2O3/c1-8-10(11-5-9(18)6-12(19)14(11)20)7-13(15(23)21-8)22(16(24)25)17(2,3)4/h5-6,8,10,13H,7H2,1-4H3,(H,21,23)(H,24,25)/t8-,10-,13?/m1/s1. The van der Waals surface area contributed by atoms with Gasteiger partial charge in [-0.15, -0.1) is 0 Å². The molecule has 1 heterocycles. The van der Waals surface area contributed by atoms with E-state index < -0.39 is 53.0 Å². The van der Waals surface area contributed by atoms with Crippen LogP contribution in [-0.4, -0.2) is 39.6 Å². The number of benzene rings is 1. The molecule has 1 fully saturated rings. The number of carbonyl (C=O) groups is 2. The summed E-state index contributed by atoms with van der Waals surface area (Å²) >= 11 is 0. The second-order valence-corrected chi connectivity index (χ2v) is 7.27. The van der Waals surface area contributed by atoms with Gasteiger partial charge in [-0.3, -0.25) is 9.69 Å². The fraction of sp³-hybridized carbons (Fsp3) is 0.529. The minimum absolute atomic E-state index is 0.0730. The molecule has 8 heteroatoms. The number of rotatable bonds is 2. The Hall–Kier alpha value is -2.25. The summed E-state index contributed by atoms with van der Waals surface area (Å²) in [7, 11) is 0. The Balaban J connectivity index is 2.45. The maximum absolute atomic E-state index is 14.2. The van der Waals surface area contributed by atoms with E-state index in [9.17, 15) is 27.9 Å². The Morgan fingerprint density at radius 1 is 1.28 bits per heavy atom. The van der Waals surface area contributed by atoms with E-state index >= 15 is 0 Å². The molecule has 0 aromatic heterocycles. The van der Waals surface area contributed by atoms with E-state index in [0.717, 1.165) is 11.0 Å². The number of carbonyl (C=O) groups excluding carboxylic acids is 1. The van der Waals surface area contributed by atoms with Crippen molar-refractivity contribution in [2.75, 3.05) is 0 Å². The van der Waals surface area contributed by atoms with Gasteiger partial charge in [0.15, 0.2) is 11.6 Å². The van der Waals surface area contributed by atoms with Crippen LogP contribution in [0.2, 0.25) is 0 Å². The third kappa shape index (κ3) is 3.72. The average molecular weight is 358 g/mol. The van der Waals surface area contributed by atoms with Gasteiger partial charge >= 0.3 is 6.09 Å². The SMILES string of the molecule is C[C@H]1NC(=O)C(N(C(=O)O)C(C)(C)C)C[C@H]1c1cc(F)cc(F)c1F. The van der Waals surface area contributed by atoms with Crippen molar-refractivity contribution in [2.24, 2.45) is 0 Å². The van der Waals surface area contributed by atoms with Gasteiger partial charge in [0.1, 0.15) is 11.9 Å². The largest absolute Gasteiger partial charge is 0.465 e. The predicted molar refractivity (Wildman–Crippen MR) is 84.7 cm³/mol. The van der Waals surface area contributed by atoms with E-state index in [1.54, 1.807) is 27.7 Å². The Morgan fingerprint density at radius 2 is 1.88 bits per heavy atom. The number of carboxylic acid groups (broad SMARTS) is 1. The van der Waals surface area contributed by atoms with Gasteiger partial charge in [0.2, 0.25) is 5.91 Å². The summed E-state index contributed by atoms with van der Waals surface area (Å²) in [4.78, 5) is 25.0. The molecule has 1 unspecified atom stereocenters. The summed E-state index contributed by atoms with van der Waals surface area (Å²) in [5.41, 5.74) is -1.10. The van der Waals surface area contributed by atoms with E-state index in [1.165, 1.54) is 0 Å².